The average molecular weight is 305 g/mol. The van der Waals surface area contributed by atoms with Gasteiger partial charge in [-0.2, -0.15) is 0 Å². The van der Waals surface area contributed by atoms with Gasteiger partial charge in [-0.05, 0) is 32.8 Å². The number of benzene rings is 1. The Morgan fingerprint density at radius 3 is 2.36 bits per heavy atom. The zero-order chi connectivity index (χ0) is 16.3. The first kappa shape index (κ1) is 16.3. The third-order valence-corrected chi connectivity index (χ3v) is 3.70. The minimum atomic E-state index is -0.637. The normalized spacial score (nSPS) is 21.5. The third-order valence-electron chi connectivity index (χ3n) is 3.70. The van der Waals surface area contributed by atoms with Crippen molar-refractivity contribution < 1.29 is 19.1 Å². The van der Waals surface area contributed by atoms with Crippen LogP contribution in [0.5, 0.6) is 0 Å². The molecule has 1 saturated heterocycles. The summed E-state index contributed by atoms with van der Waals surface area (Å²) in [5, 5.41) is 0. The summed E-state index contributed by atoms with van der Waals surface area (Å²) in [7, 11) is 1.34. The third kappa shape index (κ3) is 3.59. The second-order valence-electron chi connectivity index (χ2n) is 6.45. The van der Waals surface area contributed by atoms with Gasteiger partial charge in [-0.25, -0.2) is 9.59 Å². The van der Waals surface area contributed by atoms with Crippen LogP contribution in [0.25, 0.3) is 0 Å². The lowest BCUT2D eigenvalue weighted by molar-refractivity contribution is -0.146. The molecular weight excluding hydrogens is 282 g/mol. The van der Waals surface area contributed by atoms with Crippen LogP contribution in [0.15, 0.2) is 30.3 Å². The minimum Gasteiger partial charge on any atom is -0.467 e. The van der Waals surface area contributed by atoms with Crippen molar-refractivity contribution in [1.29, 1.82) is 0 Å². The van der Waals surface area contributed by atoms with Crippen molar-refractivity contribution in [2.24, 2.45) is 0 Å². The number of hydrogen-bond acceptors (Lipinski definition) is 4. The number of nitrogens with zero attached hydrogens (tertiary/aromatic N) is 1. The molecule has 2 rings (SSSR count). The van der Waals surface area contributed by atoms with E-state index in [0.717, 1.165) is 5.56 Å². The van der Waals surface area contributed by atoms with E-state index in [1.807, 2.05) is 51.1 Å². The highest BCUT2D eigenvalue weighted by molar-refractivity contribution is 5.83. The summed E-state index contributed by atoms with van der Waals surface area (Å²) in [4.78, 5) is 26.1. The summed E-state index contributed by atoms with van der Waals surface area (Å²) < 4.78 is 10.3. The zero-order valence-corrected chi connectivity index (χ0v) is 13.5. The molecule has 1 aliphatic heterocycles. The van der Waals surface area contributed by atoms with Crippen LogP contribution in [0.3, 0.4) is 0 Å². The number of esters is 1. The number of hydrogen-bond donors (Lipinski definition) is 0. The van der Waals surface area contributed by atoms with Gasteiger partial charge >= 0.3 is 12.1 Å². The first-order valence-corrected chi connectivity index (χ1v) is 7.46. The Balaban J connectivity index is 2.25. The van der Waals surface area contributed by atoms with E-state index < -0.39 is 23.7 Å². The van der Waals surface area contributed by atoms with Gasteiger partial charge in [0.05, 0.1) is 7.11 Å². The molecule has 1 aromatic carbocycles. The first-order valence-electron chi connectivity index (χ1n) is 7.46. The van der Waals surface area contributed by atoms with E-state index >= 15 is 0 Å². The van der Waals surface area contributed by atoms with Gasteiger partial charge in [0.2, 0.25) is 0 Å². The molecule has 120 valence electrons. The Hall–Kier alpha value is -2.04. The molecule has 0 bridgehead atoms. The van der Waals surface area contributed by atoms with Gasteiger partial charge in [0.15, 0.2) is 0 Å². The van der Waals surface area contributed by atoms with Gasteiger partial charge in [0.25, 0.3) is 0 Å². The summed E-state index contributed by atoms with van der Waals surface area (Å²) in [6.45, 7) is 5.91. The second-order valence-corrected chi connectivity index (χ2v) is 6.45. The number of rotatable bonds is 2. The van der Waals surface area contributed by atoms with E-state index in [2.05, 4.69) is 0 Å². The molecule has 1 heterocycles. The largest absolute Gasteiger partial charge is 0.467 e. The molecule has 0 saturated carbocycles. The van der Waals surface area contributed by atoms with Gasteiger partial charge in [0.1, 0.15) is 11.6 Å². The van der Waals surface area contributed by atoms with Gasteiger partial charge in [-0.3, -0.25) is 4.90 Å². The summed E-state index contributed by atoms with van der Waals surface area (Å²) in [5.74, 6) is -0.474. The van der Waals surface area contributed by atoms with Gasteiger partial charge in [0, 0.05) is 12.5 Å². The van der Waals surface area contributed by atoms with Crippen molar-refractivity contribution >= 4 is 12.1 Å². The monoisotopic (exact) mass is 305 g/mol. The molecule has 0 aromatic heterocycles. The Morgan fingerprint density at radius 1 is 1.18 bits per heavy atom. The van der Waals surface area contributed by atoms with Crippen molar-refractivity contribution in [2.75, 3.05) is 13.7 Å². The molecule has 1 amide bonds. The van der Waals surface area contributed by atoms with Crippen molar-refractivity contribution in [3.63, 3.8) is 0 Å². The van der Waals surface area contributed by atoms with Crippen molar-refractivity contribution in [1.82, 2.24) is 4.90 Å². The number of carbonyl (C=O) groups excluding carboxylic acids is 2. The predicted molar refractivity (Wildman–Crippen MR) is 82.5 cm³/mol. The Morgan fingerprint density at radius 2 is 1.82 bits per heavy atom. The number of methoxy groups -OCH3 is 1. The van der Waals surface area contributed by atoms with Crippen LogP contribution in [0, 0.1) is 0 Å². The molecule has 0 aliphatic carbocycles. The van der Waals surface area contributed by atoms with Crippen LogP contribution in [-0.4, -0.2) is 42.3 Å². The van der Waals surface area contributed by atoms with E-state index in [1.165, 1.54) is 12.0 Å². The number of carbonyl (C=O) groups is 2. The quantitative estimate of drug-likeness (QED) is 0.788. The van der Waals surface area contributed by atoms with Crippen LogP contribution < -0.4 is 0 Å². The van der Waals surface area contributed by atoms with Gasteiger partial charge in [-0.15, -0.1) is 0 Å². The minimum absolute atomic E-state index is 0.0684. The molecule has 22 heavy (non-hydrogen) atoms. The topological polar surface area (TPSA) is 55.8 Å². The molecule has 5 nitrogen and oxygen atoms in total. The first-order chi connectivity index (χ1) is 10.3. The SMILES string of the molecule is COC(=O)[C@H]1[C@@H](c2ccccc2)CCN1C(=O)OC(C)(C)C. The van der Waals surface area contributed by atoms with E-state index in [1.54, 1.807) is 0 Å². The average Bonchev–Trinajstić information content (AvgIpc) is 2.90. The molecule has 0 unspecified atom stereocenters. The van der Waals surface area contributed by atoms with Crippen LogP contribution in [0.1, 0.15) is 38.7 Å². The molecule has 0 radical (unpaired) electrons. The maximum atomic E-state index is 12.4. The molecule has 0 N–H and O–H groups in total. The van der Waals surface area contributed by atoms with Gasteiger partial charge in [-0.1, -0.05) is 30.3 Å². The molecule has 5 heteroatoms. The van der Waals surface area contributed by atoms with Gasteiger partial charge < -0.3 is 9.47 Å². The van der Waals surface area contributed by atoms with Crippen LogP contribution in [0.4, 0.5) is 4.79 Å². The standard InChI is InChI=1S/C17H23NO4/c1-17(2,3)22-16(20)18-11-10-13(14(18)15(19)21-4)12-8-6-5-7-9-12/h5-9,13-14H,10-11H2,1-4H3/t13-,14-/m1/s1. The smallest absolute Gasteiger partial charge is 0.411 e. The molecular formula is C17H23NO4. The maximum absolute atomic E-state index is 12.4. The Bertz CT molecular complexity index is 535. The summed E-state index contributed by atoms with van der Waals surface area (Å²) >= 11 is 0. The molecule has 2 atom stereocenters. The van der Waals surface area contributed by atoms with E-state index in [9.17, 15) is 9.59 Å². The van der Waals surface area contributed by atoms with E-state index in [4.69, 9.17) is 9.47 Å². The molecule has 1 aromatic rings. The zero-order valence-electron chi connectivity index (χ0n) is 13.5. The Kier molecular flexibility index (Phi) is 4.74. The van der Waals surface area contributed by atoms with Crippen LogP contribution in [0.2, 0.25) is 0 Å². The molecule has 1 aliphatic rings. The van der Waals surface area contributed by atoms with E-state index in [-0.39, 0.29) is 5.92 Å². The molecule has 0 spiro atoms. The molecule has 1 fully saturated rings. The van der Waals surface area contributed by atoms with Crippen molar-refractivity contribution in [3.8, 4) is 0 Å². The summed E-state index contributed by atoms with van der Waals surface area (Å²) in [5.41, 5.74) is 0.437. The fourth-order valence-electron chi connectivity index (χ4n) is 2.78. The second kappa shape index (κ2) is 6.38. The fourth-order valence-corrected chi connectivity index (χ4v) is 2.78. The lowest BCUT2D eigenvalue weighted by atomic mass is 9.92. The summed E-state index contributed by atoms with van der Waals surface area (Å²) in [6.07, 6.45) is 0.240. The highest BCUT2D eigenvalue weighted by Crippen LogP contribution is 2.35. The number of ether oxygens (including phenoxy) is 2. The highest BCUT2D eigenvalue weighted by Gasteiger charge is 2.44. The fraction of sp³-hybridized carbons (Fsp3) is 0.529. The highest BCUT2D eigenvalue weighted by atomic mass is 16.6. The van der Waals surface area contributed by atoms with Crippen LogP contribution in [-0.2, 0) is 14.3 Å². The Labute approximate surface area is 131 Å². The van der Waals surface area contributed by atoms with Crippen LogP contribution >= 0.6 is 0 Å². The lowest BCUT2D eigenvalue weighted by Crippen LogP contribution is -2.45. The summed E-state index contributed by atoms with van der Waals surface area (Å²) in [6, 6.07) is 9.09. The van der Waals surface area contributed by atoms with E-state index in [0.29, 0.717) is 13.0 Å². The number of likely N-dealkylation sites (tertiary alicyclic amines) is 1. The van der Waals surface area contributed by atoms with Crippen molar-refractivity contribution in [2.45, 2.75) is 44.8 Å². The maximum Gasteiger partial charge on any atom is 0.411 e. The van der Waals surface area contributed by atoms with Crippen molar-refractivity contribution in [3.05, 3.63) is 35.9 Å². The number of amides is 1. The lowest BCUT2D eigenvalue weighted by Gasteiger charge is -2.29. The predicted octanol–water partition coefficient (Wildman–Crippen LogP) is 2.95.